The molecule has 1 aliphatic rings. The van der Waals surface area contributed by atoms with Crippen molar-refractivity contribution in [2.75, 3.05) is 13.7 Å². The standard InChI is InChI=1S/C14H21NO4S/c1-10-8-12(6-7-13(10)19-3)20(17,18)15-9-14(2,16)11-4-5-11/h6-8,11,15-16H,4-5,9H2,1-3H3/t14-/m0/s1. The van der Waals surface area contributed by atoms with E-state index in [1.165, 1.54) is 6.07 Å². The molecule has 0 radical (unpaired) electrons. The fourth-order valence-corrected chi connectivity index (χ4v) is 3.42. The number of nitrogens with one attached hydrogen (secondary N) is 1. The molecule has 1 fully saturated rings. The zero-order valence-electron chi connectivity index (χ0n) is 12.0. The molecule has 2 rings (SSSR count). The Labute approximate surface area is 120 Å². The quantitative estimate of drug-likeness (QED) is 0.833. The first-order valence-corrected chi connectivity index (χ1v) is 8.11. The Balaban J connectivity index is 2.12. The van der Waals surface area contributed by atoms with Crippen LogP contribution in [-0.2, 0) is 10.0 Å². The second-order valence-electron chi connectivity index (χ2n) is 5.59. The molecule has 0 aliphatic heterocycles. The first-order valence-electron chi connectivity index (χ1n) is 6.63. The number of methoxy groups -OCH3 is 1. The average Bonchev–Trinajstić information content (AvgIpc) is 3.21. The normalized spacial score (nSPS) is 18.6. The molecule has 112 valence electrons. The number of benzene rings is 1. The van der Waals surface area contributed by atoms with Gasteiger partial charge < -0.3 is 9.84 Å². The molecular weight excluding hydrogens is 278 g/mol. The first kappa shape index (κ1) is 15.3. The van der Waals surface area contributed by atoms with E-state index in [4.69, 9.17) is 4.74 Å². The lowest BCUT2D eigenvalue weighted by molar-refractivity contribution is 0.0422. The van der Waals surface area contributed by atoms with E-state index >= 15 is 0 Å². The molecule has 0 saturated heterocycles. The molecule has 0 spiro atoms. The number of aliphatic hydroxyl groups is 1. The third-order valence-corrected chi connectivity index (χ3v) is 5.15. The number of hydrogen-bond acceptors (Lipinski definition) is 4. The van der Waals surface area contributed by atoms with Crippen molar-refractivity contribution in [2.45, 2.75) is 37.2 Å². The van der Waals surface area contributed by atoms with Gasteiger partial charge in [-0.2, -0.15) is 0 Å². The molecule has 2 N–H and O–H groups in total. The monoisotopic (exact) mass is 299 g/mol. The number of ether oxygens (including phenoxy) is 1. The fourth-order valence-electron chi connectivity index (χ4n) is 2.19. The third-order valence-electron chi connectivity index (χ3n) is 3.75. The zero-order valence-corrected chi connectivity index (χ0v) is 12.8. The highest BCUT2D eigenvalue weighted by Crippen LogP contribution is 2.39. The van der Waals surface area contributed by atoms with E-state index in [0.29, 0.717) is 5.75 Å². The maximum Gasteiger partial charge on any atom is 0.240 e. The summed E-state index contributed by atoms with van der Waals surface area (Å²) in [6, 6.07) is 4.69. The average molecular weight is 299 g/mol. The van der Waals surface area contributed by atoms with Crippen molar-refractivity contribution in [3.63, 3.8) is 0 Å². The number of aryl methyl sites for hydroxylation is 1. The maximum atomic E-state index is 12.2. The van der Waals surface area contributed by atoms with Gasteiger partial charge in [0.05, 0.1) is 17.6 Å². The largest absolute Gasteiger partial charge is 0.496 e. The lowest BCUT2D eigenvalue weighted by Crippen LogP contribution is -2.42. The predicted octanol–water partition coefficient (Wildman–Crippen LogP) is 1.44. The minimum Gasteiger partial charge on any atom is -0.496 e. The summed E-state index contributed by atoms with van der Waals surface area (Å²) in [5.74, 6) is 0.844. The Morgan fingerprint density at radius 1 is 1.45 bits per heavy atom. The third kappa shape index (κ3) is 3.31. The van der Waals surface area contributed by atoms with Crippen LogP contribution >= 0.6 is 0 Å². The van der Waals surface area contributed by atoms with Gasteiger partial charge in [-0.15, -0.1) is 0 Å². The van der Waals surface area contributed by atoms with Gasteiger partial charge in [-0.1, -0.05) is 0 Å². The molecule has 0 aromatic heterocycles. The predicted molar refractivity (Wildman–Crippen MR) is 76.3 cm³/mol. The summed E-state index contributed by atoms with van der Waals surface area (Å²) in [6.45, 7) is 3.50. The summed E-state index contributed by atoms with van der Waals surface area (Å²) in [4.78, 5) is 0.183. The van der Waals surface area contributed by atoms with Crippen LogP contribution in [0.15, 0.2) is 23.1 Å². The second kappa shape index (κ2) is 5.35. The van der Waals surface area contributed by atoms with Crippen molar-refractivity contribution in [1.82, 2.24) is 4.72 Å². The van der Waals surface area contributed by atoms with E-state index in [2.05, 4.69) is 4.72 Å². The molecule has 0 heterocycles. The van der Waals surface area contributed by atoms with Crippen LogP contribution in [0.4, 0.5) is 0 Å². The maximum absolute atomic E-state index is 12.2. The second-order valence-corrected chi connectivity index (χ2v) is 7.35. The fraction of sp³-hybridized carbons (Fsp3) is 0.571. The summed E-state index contributed by atoms with van der Waals surface area (Å²) in [6.07, 6.45) is 1.91. The molecule has 1 atom stereocenters. The molecule has 0 bridgehead atoms. The highest BCUT2D eigenvalue weighted by molar-refractivity contribution is 7.89. The number of hydrogen-bond donors (Lipinski definition) is 2. The van der Waals surface area contributed by atoms with Gasteiger partial charge in [0, 0.05) is 6.54 Å². The molecule has 6 heteroatoms. The first-order chi connectivity index (χ1) is 9.26. The van der Waals surface area contributed by atoms with Gasteiger partial charge in [0.25, 0.3) is 0 Å². The van der Waals surface area contributed by atoms with E-state index in [1.807, 2.05) is 0 Å². The van der Waals surface area contributed by atoms with Gasteiger partial charge in [0.15, 0.2) is 0 Å². The van der Waals surface area contributed by atoms with E-state index < -0.39 is 15.6 Å². The summed E-state index contributed by atoms with van der Waals surface area (Å²) >= 11 is 0. The topological polar surface area (TPSA) is 75.6 Å². The Morgan fingerprint density at radius 3 is 2.60 bits per heavy atom. The Bertz CT molecular complexity index is 591. The SMILES string of the molecule is COc1ccc(S(=O)(=O)NC[C@](C)(O)C2CC2)cc1C. The van der Waals surface area contributed by atoms with Gasteiger partial charge >= 0.3 is 0 Å². The molecular formula is C14H21NO4S. The van der Waals surface area contributed by atoms with Gasteiger partial charge in [-0.3, -0.25) is 0 Å². The van der Waals surface area contributed by atoms with Crippen LogP contribution in [0.1, 0.15) is 25.3 Å². The van der Waals surface area contributed by atoms with Gasteiger partial charge in [-0.05, 0) is 56.4 Å². The Hall–Kier alpha value is -1.11. The molecule has 0 unspecified atom stereocenters. The number of rotatable bonds is 6. The van der Waals surface area contributed by atoms with Gasteiger partial charge in [0.2, 0.25) is 10.0 Å². The lowest BCUT2D eigenvalue weighted by Gasteiger charge is -2.23. The molecule has 5 nitrogen and oxygen atoms in total. The van der Waals surface area contributed by atoms with Crippen LogP contribution in [0.2, 0.25) is 0 Å². The van der Waals surface area contributed by atoms with E-state index in [-0.39, 0.29) is 17.4 Å². The van der Waals surface area contributed by atoms with Crippen LogP contribution in [0.3, 0.4) is 0 Å². The van der Waals surface area contributed by atoms with E-state index in [9.17, 15) is 13.5 Å². The Kier molecular flexibility index (Phi) is 4.09. The summed E-state index contributed by atoms with van der Waals surface area (Å²) < 4.78 is 32.0. The van der Waals surface area contributed by atoms with Crippen LogP contribution < -0.4 is 9.46 Å². The van der Waals surface area contributed by atoms with Crippen molar-refractivity contribution in [3.8, 4) is 5.75 Å². The molecule has 1 aliphatic carbocycles. The molecule has 1 saturated carbocycles. The van der Waals surface area contributed by atoms with Gasteiger partial charge in [0.1, 0.15) is 5.75 Å². The summed E-state index contributed by atoms with van der Waals surface area (Å²) in [5, 5.41) is 10.2. The van der Waals surface area contributed by atoms with Crippen molar-refractivity contribution < 1.29 is 18.3 Å². The Morgan fingerprint density at radius 2 is 2.10 bits per heavy atom. The molecule has 1 aromatic carbocycles. The molecule has 0 amide bonds. The minimum absolute atomic E-state index is 0.0328. The highest BCUT2D eigenvalue weighted by Gasteiger charge is 2.40. The molecule has 1 aromatic rings. The van der Waals surface area contributed by atoms with Gasteiger partial charge in [-0.25, -0.2) is 13.1 Å². The lowest BCUT2D eigenvalue weighted by atomic mass is 10.0. The van der Waals surface area contributed by atoms with Crippen LogP contribution in [0, 0.1) is 12.8 Å². The van der Waals surface area contributed by atoms with Crippen molar-refractivity contribution in [3.05, 3.63) is 23.8 Å². The summed E-state index contributed by atoms with van der Waals surface area (Å²) in [5.41, 5.74) is -0.224. The summed E-state index contributed by atoms with van der Waals surface area (Å²) in [7, 11) is -2.07. The van der Waals surface area contributed by atoms with Crippen molar-refractivity contribution >= 4 is 10.0 Å². The number of sulfonamides is 1. The van der Waals surface area contributed by atoms with E-state index in [0.717, 1.165) is 18.4 Å². The smallest absolute Gasteiger partial charge is 0.240 e. The van der Waals surface area contributed by atoms with E-state index in [1.54, 1.807) is 33.1 Å². The van der Waals surface area contributed by atoms with Crippen LogP contribution in [0.5, 0.6) is 5.75 Å². The van der Waals surface area contributed by atoms with Crippen molar-refractivity contribution in [2.24, 2.45) is 5.92 Å². The minimum atomic E-state index is -3.61. The van der Waals surface area contributed by atoms with Crippen molar-refractivity contribution in [1.29, 1.82) is 0 Å². The van der Waals surface area contributed by atoms with Crippen LogP contribution in [0.25, 0.3) is 0 Å². The zero-order chi connectivity index (χ0) is 15.0. The molecule has 20 heavy (non-hydrogen) atoms. The van der Waals surface area contributed by atoms with Crippen LogP contribution in [-0.4, -0.2) is 32.8 Å². The highest BCUT2D eigenvalue weighted by atomic mass is 32.2.